The minimum atomic E-state index is -0.278. The molecular weight excluding hydrogens is 462 g/mol. The smallest absolute Gasteiger partial charge is 0.308 e. The van der Waals surface area contributed by atoms with Gasteiger partial charge in [0.25, 0.3) is 0 Å². The number of unbranched alkanes of at least 4 members (excludes halogenated alkanes) is 7. The third-order valence-corrected chi connectivity index (χ3v) is 9.51. The second-order valence-corrected chi connectivity index (χ2v) is 11.9. The molecule has 0 radical (unpaired) electrons. The van der Waals surface area contributed by atoms with Crippen molar-refractivity contribution in [1.29, 1.82) is 0 Å². The fourth-order valence-electron chi connectivity index (χ4n) is 7.51. The summed E-state index contributed by atoms with van der Waals surface area (Å²) in [6.07, 6.45) is 21.4. The van der Waals surface area contributed by atoms with Crippen molar-refractivity contribution >= 4 is 17.7 Å². The van der Waals surface area contributed by atoms with Gasteiger partial charge in [0, 0.05) is 32.2 Å². The van der Waals surface area contributed by atoms with Gasteiger partial charge in [-0.25, -0.2) is 0 Å². The van der Waals surface area contributed by atoms with E-state index in [0.29, 0.717) is 48.1 Å². The van der Waals surface area contributed by atoms with E-state index in [1.165, 1.54) is 63.0 Å². The number of amides is 1. The van der Waals surface area contributed by atoms with Gasteiger partial charge in [-0.2, -0.15) is 0 Å². The summed E-state index contributed by atoms with van der Waals surface area (Å²) in [7, 11) is 1.70. The van der Waals surface area contributed by atoms with Crippen LogP contribution in [0.15, 0.2) is 40.9 Å². The average molecular weight is 508 g/mol. The predicted molar refractivity (Wildman–Crippen MR) is 145 cm³/mol. The fraction of sp³-hybridized carbons (Fsp3) is 0.688. The zero-order valence-corrected chi connectivity index (χ0v) is 23.1. The Labute approximate surface area is 222 Å². The van der Waals surface area contributed by atoms with Gasteiger partial charge >= 0.3 is 5.97 Å². The van der Waals surface area contributed by atoms with Crippen LogP contribution in [0.3, 0.4) is 0 Å². The quantitative estimate of drug-likeness (QED) is 0.180. The number of fused-ring (bicyclic) bond motifs is 4. The summed E-state index contributed by atoms with van der Waals surface area (Å²) in [5.74, 6) is 2.72. The highest BCUT2D eigenvalue weighted by atomic mass is 16.5. The lowest BCUT2D eigenvalue weighted by molar-refractivity contribution is -0.137. The molecule has 1 fully saturated rings. The molecule has 0 aliphatic heterocycles. The topological polar surface area (TPSA) is 72.5 Å². The molecule has 202 valence electrons. The van der Waals surface area contributed by atoms with Crippen molar-refractivity contribution in [2.75, 3.05) is 7.05 Å². The van der Waals surface area contributed by atoms with Crippen LogP contribution in [0.4, 0.5) is 0 Å². The number of allylic oxidation sites excluding steroid dienone is 4. The van der Waals surface area contributed by atoms with Gasteiger partial charge in [-0.05, 0) is 73.5 Å². The van der Waals surface area contributed by atoms with Crippen LogP contribution in [0.1, 0.15) is 104 Å². The SMILES string of the molecule is CNC(=O)CCCCCCCCCC[C@@H]1CC2=C(C=C=C(OC(C)=O)C2)C2CC[C@]3(C)C(=O)C=CC3C21. The number of rotatable bonds is 12. The molecule has 4 rings (SSSR count). The second kappa shape index (κ2) is 12.4. The number of ether oxygens (including phenoxy) is 1. The molecule has 0 saturated heterocycles. The number of ketones is 1. The summed E-state index contributed by atoms with van der Waals surface area (Å²) in [5, 5.41) is 2.69. The molecule has 0 spiro atoms. The minimum absolute atomic E-state index is 0.145. The maximum Gasteiger partial charge on any atom is 0.308 e. The van der Waals surface area contributed by atoms with Crippen LogP contribution in [-0.2, 0) is 19.1 Å². The van der Waals surface area contributed by atoms with E-state index in [2.05, 4.69) is 30.1 Å². The maximum atomic E-state index is 12.8. The summed E-state index contributed by atoms with van der Waals surface area (Å²) in [6, 6.07) is 0. The molecule has 5 atom stereocenters. The van der Waals surface area contributed by atoms with Crippen LogP contribution in [0.5, 0.6) is 0 Å². The summed E-state index contributed by atoms with van der Waals surface area (Å²) in [4.78, 5) is 35.7. The first-order valence-corrected chi connectivity index (χ1v) is 14.6. The molecule has 5 nitrogen and oxygen atoms in total. The summed E-state index contributed by atoms with van der Waals surface area (Å²) < 4.78 is 5.41. The molecular formula is C32H45NO4. The van der Waals surface area contributed by atoms with Crippen molar-refractivity contribution in [1.82, 2.24) is 5.32 Å². The van der Waals surface area contributed by atoms with Crippen LogP contribution in [-0.4, -0.2) is 24.7 Å². The average Bonchev–Trinajstić information content (AvgIpc) is 3.18. The molecule has 4 aliphatic carbocycles. The lowest BCUT2D eigenvalue weighted by Crippen LogP contribution is -2.47. The summed E-state index contributed by atoms with van der Waals surface area (Å²) in [5.41, 5.74) is 5.86. The van der Waals surface area contributed by atoms with Gasteiger partial charge < -0.3 is 10.1 Å². The molecule has 0 aromatic heterocycles. The predicted octanol–water partition coefficient (Wildman–Crippen LogP) is 6.74. The van der Waals surface area contributed by atoms with Crippen LogP contribution >= 0.6 is 0 Å². The molecule has 1 saturated carbocycles. The highest BCUT2D eigenvalue weighted by Crippen LogP contribution is 2.59. The summed E-state index contributed by atoms with van der Waals surface area (Å²) >= 11 is 0. The van der Waals surface area contributed by atoms with Gasteiger partial charge in [0.1, 0.15) is 0 Å². The van der Waals surface area contributed by atoms with Crippen LogP contribution in [0.2, 0.25) is 0 Å². The first-order valence-electron chi connectivity index (χ1n) is 14.6. The zero-order valence-electron chi connectivity index (χ0n) is 23.1. The van der Waals surface area contributed by atoms with E-state index < -0.39 is 0 Å². The lowest BCUT2D eigenvalue weighted by atomic mass is 9.51. The largest absolute Gasteiger partial charge is 0.422 e. The molecule has 0 aromatic rings. The third kappa shape index (κ3) is 6.37. The monoisotopic (exact) mass is 507 g/mol. The molecule has 4 aliphatic rings. The molecule has 1 N–H and O–H groups in total. The standard InChI is InChI=1S/C32H45NO4/c1-22(34)37-25-14-15-26-24(21-25)20-23(12-10-8-6-4-5-7-9-11-13-30(36)33-3)31-27(26)18-19-32(2)28(31)16-17-29(32)35/h15-17,23,27-28,31H,4-13,18-21H2,1-3H3,(H,33,36)/t23-,27?,28?,31?,32+/m1/s1. The van der Waals surface area contributed by atoms with Crippen LogP contribution in [0, 0.1) is 29.1 Å². The second-order valence-electron chi connectivity index (χ2n) is 11.9. The minimum Gasteiger partial charge on any atom is -0.422 e. The molecule has 0 aromatic carbocycles. The van der Waals surface area contributed by atoms with Gasteiger partial charge in [-0.15, -0.1) is 0 Å². The fourth-order valence-corrected chi connectivity index (χ4v) is 7.51. The van der Waals surface area contributed by atoms with Crippen molar-refractivity contribution in [2.45, 2.75) is 104 Å². The van der Waals surface area contributed by atoms with E-state index in [1.807, 2.05) is 6.08 Å². The number of hydrogen-bond acceptors (Lipinski definition) is 4. The number of esters is 1. The number of hydrogen-bond donors (Lipinski definition) is 1. The summed E-state index contributed by atoms with van der Waals surface area (Å²) in [6.45, 7) is 3.65. The first-order chi connectivity index (χ1) is 17.8. The molecule has 1 amide bonds. The van der Waals surface area contributed by atoms with E-state index in [9.17, 15) is 14.4 Å². The Bertz CT molecular complexity index is 1010. The molecule has 0 bridgehead atoms. The highest BCUT2D eigenvalue weighted by molar-refractivity contribution is 5.97. The Morgan fingerprint density at radius 3 is 2.51 bits per heavy atom. The van der Waals surface area contributed by atoms with E-state index >= 15 is 0 Å². The van der Waals surface area contributed by atoms with Crippen LogP contribution < -0.4 is 5.32 Å². The molecule has 3 unspecified atom stereocenters. The maximum absolute atomic E-state index is 12.8. The number of carbonyl (C=O) groups excluding carboxylic acids is 3. The van der Waals surface area contributed by atoms with E-state index in [1.54, 1.807) is 7.05 Å². The van der Waals surface area contributed by atoms with Crippen molar-refractivity contribution in [3.63, 3.8) is 0 Å². The Balaban J connectivity index is 1.32. The van der Waals surface area contributed by atoms with Gasteiger partial charge in [-0.3, -0.25) is 14.4 Å². The Morgan fingerprint density at radius 2 is 1.81 bits per heavy atom. The Hall–Kier alpha value is -2.39. The van der Waals surface area contributed by atoms with Gasteiger partial charge in [0.2, 0.25) is 5.91 Å². The first kappa shape index (κ1) is 27.6. The van der Waals surface area contributed by atoms with Gasteiger partial charge in [0.05, 0.1) is 0 Å². The Kier molecular flexibility index (Phi) is 9.29. The van der Waals surface area contributed by atoms with Crippen LogP contribution in [0.25, 0.3) is 0 Å². The zero-order chi connectivity index (χ0) is 26.4. The highest BCUT2D eigenvalue weighted by Gasteiger charge is 2.55. The molecule has 0 heterocycles. The van der Waals surface area contributed by atoms with Crippen molar-refractivity contribution < 1.29 is 19.1 Å². The number of nitrogens with one attached hydrogen (secondary N) is 1. The van der Waals surface area contributed by atoms with Gasteiger partial charge in [-0.1, -0.05) is 69.2 Å². The molecule has 37 heavy (non-hydrogen) atoms. The normalized spacial score (nSPS) is 29.9. The third-order valence-electron chi connectivity index (χ3n) is 9.51. The number of carbonyl (C=O) groups is 3. The lowest BCUT2D eigenvalue weighted by Gasteiger charge is -2.52. The van der Waals surface area contributed by atoms with Crippen molar-refractivity contribution in [2.24, 2.45) is 29.1 Å². The van der Waals surface area contributed by atoms with Crippen molar-refractivity contribution in [3.05, 3.63) is 40.9 Å². The Morgan fingerprint density at radius 1 is 1.11 bits per heavy atom. The van der Waals surface area contributed by atoms with Crippen molar-refractivity contribution in [3.8, 4) is 0 Å². The molecule has 5 heteroatoms. The van der Waals surface area contributed by atoms with Gasteiger partial charge in [0.15, 0.2) is 11.5 Å². The van der Waals surface area contributed by atoms with E-state index in [4.69, 9.17) is 4.74 Å². The van der Waals surface area contributed by atoms with E-state index in [-0.39, 0.29) is 17.3 Å². The van der Waals surface area contributed by atoms with E-state index in [0.717, 1.165) is 32.1 Å².